The normalized spacial score (nSPS) is 13.5. The maximum Gasteiger partial charge on any atom is 0.265 e. The average molecular weight is 435 g/mol. The SMILES string of the molecule is NC(=O)c1cc2ccccc2n1-c1ccc2c(c1)ncn2-c1ccc(C(=O)NC2CC2)cc1. The highest BCUT2D eigenvalue weighted by molar-refractivity contribution is 5.99. The summed E-state index contributed by atoms with van der Waals surface area (Å²) in [6.07, 6.45) is 3.88. The lowest BCUT2D eigenvalue weighted by Gasteiger charge is -2.10. The highest BCUT2D eigenvalue weighted by Gasteiger charge is 2.23. The van der Waals surface area contributed by atoms with Crippen molar-refractivity contribution in [1.82, 2.24) is 19.4 Å². The fourth-order valence-electron chi connectivity index (χ4n) is 4.23. The highest BCUT2D eigenvalue weighted by atomic mass is 16.2. The molecule has 0 unspecified atom stereocenters. The Balaban J connectivity index is 1.38. The van der Waals surface area contributed by atoms with E-state index in [1.165, 1.54) is 0 Å². The van der Waals surface area contributed by atoms with Gasteiger partial charge in [-0.15, -0.1) is 0 Å². The van der Waals surface area contributed by atoms with Crippen LogP contribution in [0.25, 0.3) is 33.3 Å². The van der Waals surface area contributed by atoms with Gasteiger partial charge in [-0.2, -0.15) is 0 Å². The molecule has 1 fully saturated rings. The van der Waals surface area contributed by atoms with E-state index >= 15 is 0 Å². The molecule has 5 aromatic rings. The summed E-state index contributed by atoms with van der Waals surface area (Å²) in [6.45, 7) is 0. The van der Waals surface area contributed by atoms with Gasteiger partial charge in [-0.1, -0.05) is 18.2 Å². The number of para-hydroxylation sites is 1. The number of hydrogen-bond acceptors (Lipinski definition) is 3. The predicted octanol–water partition coefficient (Wildman–Crippen LogP) is 3.96. The van der Waals surface area contributed by atoms with Crippen LogP contribution in [0.3, 0.4) is 0 Å². The van der Waals surface area contributed by atoms with Crippen molar-refractivity contribution < 1.29 is 9.59 Å². The Morgan fingerprint density at radius 3 is 2.42 bits per heavy atom. The first-order valence-corrected chi connectivity index (χ1v) is 10.9. The quantitative estimate of drug-likeness (QED) is 0.437. The Bertz CT molecular complexity index is 1540. The molecule has 0 bridgehead atoms. The summed E-state index contributed by atoms with van der Waals surface area (Å²) in [5.41, 5.74) is 11.1. The summed E-state index contributed by atoms with van der Waals surface area (Å²) in [6, 6.07) is 23.3. The highest BCUT2D eigenvalue weighted by Crippen LogP contribution is 2.27. The molecule has 7 nitrogen and oxygen atoms in total. The third kappa shape index (κ3) is 3.34. The zero-order chi connectivity index (χ0) is 22.5. The number of imidazole rings is 1. The fraction of sp³-hybridized carbons (Fsp3) is 0.115. The minimum atomic E-state index is -0.484. The maximum atomic E-state index is 12.3. The van der Waals surface area contributed by atoms with Gasteiger partial charge >= 0.3 is 0 Å². The van der Waals surface area contributed by atoms with Crippen molar-refractivity contribution in [3.8, 4) is 11.4 Å². The van der Waals surface area contributed by atoms with Crippen LogP contribution in [-0.4, -0.2) is 32.0 Å². The van der Waals surface area contributed by atoms with E-state index in [-0.39, 0.29) is 5.91 Å². The molecule has 162 valence electrons. The van der Waals surface area contributed by atoms with Gasteiger partial charge in [-0.3, -0.25) is 14.2 Å². The molecule has 7 heteroatoms. The van der Waals surface area contributed by atoms with Crippen LogP contribution >= 0.6 is 0 Å². The molecule has 0 aliphatic heterocycles. The van der Waals surface area contributed by atoms with Gasteiger partial charge in [0.1, 0.15) is 12.0 Å². The van der Waals surface area contributed by atoms with Gasteiger partial charge in [-0.05, 0) is 67.4 Å². The van der Waals surface area contributed by atoms with Crippen molar-refractivity contribution in [1.29, 1.82) is 0 Å². The number of amides is 2. The summed E-state index contributed by atoms with van der Waals surface area (Å²) < 4.78 is 3.84. The fourth-order valence-corrected chi connectivity index (χ4v) is 4.23. The van der Waals surface area contributed by atoms with Gasteiger partial charge in [-0.25, -0.2) is 4.98 Å². The maximum absolute atomic E-state index is 12.3. The lowest BCUT2D eigenvalue weighted by atomic mass is 10.2. The van der Waals surface area contributed by atoms with Crippen LogP contribution in [0.2, 0.25) is 0 Å². The van der Waals surface area contributed by atoms with Crippen LogP contribution in [-0.2, 0) is 0 Å². The van der Waals surface area contributed by atoms with E-state index < -0.39 is 5.91 Å². The van der Waals surface area contributed by atoms with Crippen molar-refractivity contribution in [3.63, 3.8) is 0 Å². The number of benzene rings is 3. The molecule has 1 saturated carbocycles. The number of aromatic nitrogens is 3. The summed E-state index contributed by atoms with van der Waals surface area (Å²) in [7, 11) is 0. The van der Waals surface area contributed by atoms with Crippen molar-refractivity contribution in [2.24, 2.45) is 5.73 Å². The first-order chi connectivity index (χ1) is 16.1. The number of nitrogens with two attached hydrogens (primary N) is 1. The third-order valence-electron chi connectivity index (χ3n) is 6.07. The number of rotatable bonds is 5. The standard InChI is InChI=1S/C26H21N5O2/c27-25(32)24-13-17-3-1-2-4-22(17)31(24)20-11-12-23-21(14-20)28-15-30(23)19-9-5-16(6-10-19)26(33)29-18-7-8-18/h1-6,9-15,18H,7-8H2,(H2,27,32)(H,29,33). The van der Waals surface area contributed by atoms with Crippen LogP contribution in [0.15, 0.2) is 79.1 Å². The van der Waals surface area contributed by atoms with E-state index in [0.29, 0.717) is 17.3 Å². The van der Waals surface area contributed by atoms with Crippen molar-refractivity contribution >= 4 is 33.8 Å². The first kappa shape index (κ1) is 19.3. The number of nitrogens with zero attached hydrogens (tertiary/aromatic N) is 3. The van der Waals surface area contributed by atoms with Gasteiger partial charge in [0.25, 0.3) is 11.8 Å². The molecule has 0 spiro atoms. The molecule has 3 N–H and O–H groups in total. The lowest BCUT2D eigenvalue weighted by molar-refractivity contribution is 0.0949. The molecule has 0 saturated heterocycles. The Labute approximate surface area is 189 Å². The van der Waals surface area contributed by atoms with Crippen LogP contribution in [0.4, 0.5) is 0 Å². The molecule has 2 heterocycles. The van der Waals surface area contributed by atoms with Gasteiger partial charge in [0.05, 0.1) is 16.6 Å². The van der Waals surface area contributed by atoms with Gasteiger partial charge in [0.15, 0.2) is 0 Å². The van der Waals surface area contributed by atoms with Crippen molar-refractivity contribution in [3.05, 3.63) is 90.4 Å². The van der Waals surface area contributed by atoms with Crippen LogP contribution in [0.5, 0.6) is 0 Å². The molecule has 3 aromatic carbocycles. The molecular weight excluding hydrogens is 414 g/mol. The van der Waals surface area contributed by atoms with Crippen LogP contribution in [0.1, 0.15) is 33.7 Å². The summed E-state index contributed by atoms with van der Waals surface area (Å²) in [5.74, 6) is -0.518. The third-order valence-corrected chi connectivity index (χ3v) is 6.07. The molecule has 33 heavy (non-hydrogen) atoms. The second-order valence-corrected chi connectivity index (χ2v) is 8.37. The van der Waals surface area contributed by atoms with E-state index in [4.69, 9.17) is 5.73 Å². The lowest BCUT2D eigenvalue weighted by Crippen LogP contribution is -2.25. The topological polar surface area (TPSA) is 94.9 Å². The van der Waals surface area contributed by atoms with E-state index in [0.717, 1.165) is 46.2 Å². The second kappa shape index (κ2) is 7.34. The molecule has 1 aliphatic carbocycles. The summed E-state index contributed by atoms with van der Waals surface area (Å²) in [5, 5.41) is 3.95. The molecule has 0 radical (unpaired) electrons. The Hall–Kier alpha value is -4.39. The van der Waals surface area contributed by atoms with Crippen LogP contribution in [0, 0.1) is 0 Å². The zero-order valence-electron chi connectivity index (χ0n) is 17.7. The van der Waals surface area contributed by atoms with Crippen LogP contribution < -0.4 is 11.1 Å². The zero-order valence-corrected chi connectivity index (χ0v) is 17.7. The first-order valence-electron chi connectivity index (χ1n) is 10.9. The number of hydrogen-bond donors (Lipinski definition) is 2. The van der Waals surface area contributed by atoms with Gasteiger partial charge in [0, 0.05) is 28.4 Å². The summed E-state index contributed by atoms with van der Waals surface area (Å²) in [4.78, 5) is 28.9. The smallest absolute Gasteiger partial charge is 0.265 e. The number of carbonyl (C=O) groups is 2. The van der Waals surface area contributed by atoms with E-state index in [1.54, 1.807) is 12.4 Å². The second-order valence-electron chi connectivity index (χ2n) is 8.37. The number of carbonyl (C=O) groups excluding carboxylic acids is 2. The molecule has 0 atom stereocenters. The molecule has 6 rings (SSSR count). The minimum Gasteiger partial charge on any atom is -0.364 e. The number of primary amides is 1. The molecular formula is C26H21N5O2. The number of fused-ring (bicyclic) bond motifs is 2. The Morgan fingerprint density at radius 2 is 1.67 bits per heavy atom. The van der Waals surface area contributed by atoms with E-state index in [9.17, 15) is 9.59 Å². The predicted molar refractivity (Wildman–Crippen MR) is 127 cm³/mol. The number of nitrogens with one attached hydrogen (secondary N) is 1. The van der Waals surface area contributed by atoms with E-state index in [1.807, 2.05) is 75.9 Å². The molecule has 1 aliphatic rings. The summed E-state index contributed by atoms with van der Waals surface area (Å²) >= 11 is 0. The largest absolute Gasteiger partial charge is 0.364 e. The Morgan fingerprint density at radius 1 is 0.909 bits per heavy atom. The van der Waals surface area contributed by atoms with E-state index in [2.05, 4.69) is 10.3 Å². The minimum absolute atomic E-state index is 0.0339. The molecule has 2 amide bonds. The van der Waals surface area contributed by atoms with Gasteiger partial charge < -0.3 is 15.6 Å². The monoisotopic (exact) mass is 435 g/mol. The van der Waals surface area contributed by atoms with Crippen molar-refractivity contribution in [2.45, 2.75) is 18.9 Å². The van der Waals surface area contributed by atoms with Gasteiger partial charge in [0.2, 0.25) is 0 Å². The van der Waals surface area contributed by atoms with Crippen molar-refractivity contribution in [2.75, 3.05) is 0 Å². The Kier molecular flexibility index (Phi) is 4.29. The average Bonchev–Trinajstić information content (AvgIpc) is 3.40. The molecule has 2 aromatic heterocycles.